The highest BCUT2D eigenvalue weighted by atomic mass is 16.6. The van der Waals surface area contributed by atoms with Crippen LogP contribution in [0.1, 0.15) is 5.56 Å². The second-order valence-corrected chi connectivity index (χ2v) is 3.34. The zero-order chi connectivity index (χ0) is 11.7. The molecule has 2 aromatic rings. The van der Waals surface area contributed by atoms with Crippen LogP contribution in [0.3, 0.4) is 0 Å². The first-order valence-electron chi connectivity index (χ1n) is 4.56. The van der Waals surface area contributed by atoms with E-state index in [2.05, 4.69) is 5.16 Å². The smallest absolute Gasteiger partial charge is 0.283 e. The van der Waals surface area contributed by atoms with E-state index in [1.807, 2.05) is 0 Å². The topological polar surface area (TPSA) is 95.2 Å². The van der Waals surface area contributed by atoms with Crippen molar-refractivity contribution < 1.29 is 9.45 Å². The highest BCUT2D eigenvalue weighted by Crippen LogP contribution is 2.35. The van der Waals surface area contributed by atoms with Gasteiger partial charge in [-0.15, -0.1) is 0 Å². The fourth-order valence-electron chi connectivity index (χ4n) is 1.54. The number of para-hydroxylation sites is 1. The minimum Gasteiger partial charge on any atom is -0.394 e. The number of nitrogen functional groups attached to an aromatic ring is 1. The number of nitro benzene ring substituents is 1. The lowest BCUT2D eigenvalue weighted by Crippen LogP contribution is -1.95. The number of nitrogens with two attached hydrogens (primary N) is 1. The van der Waals surface area contributed by atoms with E-state index in [1.54, 1.807) is 25.1 Å². The van der Waals surface area contributed by atoms with Crippen molar-refractivity contribution in [2.45, 2.75) is 6.92 Å². The maximum atomic E-state index is 11.0. The van der Waals surface area contributed by atoms with Gasteiger partial charge in [-0.1, -0.05) is 17.3 Å². The second kappa shape index (κ2) is 3.65. The number of anilines is 1. The van der Waals surface area contributed by atoms with E-state index in [-0.39, 0.29) is 17.1 Å². The van der Waals surface area contributed by atoms with Gasteiger partial charge < -0.3 is 10.3 Å². The molecule has 0 unspecified atom stereocenters. The van der Waals surface area contributed by atoms with Crippen LogP contribution < -0.4 is 5.73 Å². The van der Waals surface area contributed by atoms with Crippen LogP contribution in [-0.2, 0) is 0 Å². The van der Waals surface area contributed by atoms with Crippen LogP contribution in [0, 0.1) is 17.0 Å². The van der Waals surface area contributed by atoms with Gasteiger partial charge in [0.2, 0.25) is 0 Å². The summed E-state index contributed by atoms with van der Waals surface area (Å²) in [6.45, 7) is 1.66. The van der Waals surface area contributed by atoms with Gasteiger partial charge in [-0.2, -0.15) is 0 Å². The maximum Gasteiger partial charge on any atom is 0.283 e. The number of nitrogens with zero attached hydrogens (tertiary/aromatic N) is 2. The molecule has 0 aliphatic rings. The molecule has 0 aliphatic carbocycles. The van der Waals surface area contributed by atoms with Gasteiger partial charge in [-0.05, 0) is 13.0 Å². The molecule has 1 heterocycles. The van der Waals surface area contributed by atoms with Gasteiger partial charge >= 0.3 is 0 Å². The molecule has 0 amide bonds. The van der Waals surface area contributed by atoms with Crippen LogP contribution >= 0.6 is 0 Å². The van der Waals surface area contributed by atoms with Gasteiger partial charge in [0.15, 0.2) is 5.76 Å². The van der Waals surface area contributed by atoms with Crippen molar-refractivity contribution in [2.75, 3.05) is 5.73 Å². The molecule has 0 bridgehead atoms. The van der Waals surface area contributed by atoms with E-state index in [4.69, 9.17) is 10.3 Å². The summed E-state index contributed by atoms with van der Waals surface area (Å²) in [6, 6.07) is 4.95. The Bertz CT molecular complexity index is 548. The summed E-state index contributed by atoms with van der Waals surface area (Å²) in [7, 11) is 0. The number of hydrogen-bond acceptors (Lipinski definition) is 5. The molecule has 0 aliphatic heterocycles. The van der Waals surface area contributed by atoms with E-state index in [9.17, 15) is 10.1 Å². The molecule has 0 saturated carbocycles. The van der Waals surface area contributed by atoms with Crippen LogP contribution in [0.2, 0.25) is 0 Å². The number of aryl methyl sites for hydroxylation is 1. The largest absolute Gasteiger partial charge is 0.394 e. The average Bonchev–Trinajstić information content (AvgIpc) is 2.63. The average molecular weight is 219 g/mol. The molecule has 0 spiro atoms. The highest BCUT2D eigenvalue weighted by Gasteiger charge is 2.22. The summed E-state index contributed by atoms with van der Waals surface area (Å²) in [5, 5.41) is 14.5. The standard InChI is InChI=1S/C10H9N3O3/c1-6-3-2-4-7(9(6)13(14)15)10-8(11)5-12-16-10/h2-5H,11H2,1H3. The zero-order valence-corrected chi connectivity index (χ0v) is 8.51. The third-order valence-electron chi connectivity index (χ3n) is 2.26. The molecule has 16 heavy (non-hydrogen) atoms. The summed E-state index contributed by atoms with van der Waals surface area (Å²) in [5.41, 5.74) is 6.79. The minimum atomic E-state index is -0.452. The van der Waals surface area contributed by atoms with Crippen LogP contribution in [0.5, 0.6) is 0 Å². The Labute approximate surface area is 90.8 Å². The maximum absolute atomic E-state index is 11.0. The number of aromatic nitrogens is 1. The third kappa shape index (κ3) is 1.50. The molecule has 1 aromatic carbocycles. The van der Waals surface area contributed by atoms with E-state index >= 15 is 0 Å². The first-order valence-corrected chi connectivity index (χ1v) is 4.56. The fraction of sp³-hybridized carbons (Fsp3) is 0.100. The molecule has 6 nitrogen and oxygen atoms in total. The number of nitro groups is 1. The van der Waals surface area contributed by atoms with E-state index in [1.165, 1.54) is 6.20 Å². The quantitative estimate of drug-likeness (QED) is 0.616. The van der Waals surface area contributed by atoms with Crippen molar-refractivity contribution in [3.63, 3.8) is 0 Å². The first-order chi connectivity index (χ1) is 7.61. The summed E-state index contributed by atoms with van der Waals surface area (Å²) < 4.78 is 4.92. The zero-order valence-electron chi connectivity index (χ0n) is 8.51. The molecule has 2 rings (SSSR count). The Morgan fingerprint density at radius 2 is 2.25 bits per heavy atom. The Kier molecular flexibility index (Phi) is 2.32. The summed E-state index contributed by atoms with van der Waals surface area (Å²) >= 11 is 0. The molecular weight excluding hydrogens is 210 g/mol. The van der Waals surface area contributed by atoms with Crippen molar-refractivity contribution in [3.05, 3.63) is 40.1 Å². The molecule has 6 heteroatoms. The van der Waals surface area contributed by atoms with Gasteiger partial charge in [-0.25, -0.2) is 0 Å². The normalized spacial score (nSPS) is 10.3. The fourth-order valence-corrected chi connectivity index (χ4v) is 1.54. The Hall–Kier alpha value is -2.37. The lowest BCUT2D eigenvalue weighted by molar-refractivity contribution is -0.384. The van der Waals surface area contributed by atoms with Crippen molar-refractivity contribution in [3.8, 4) is 11.3 Å². The predicted octanol–water partition coefficient (Wildman–Crippen LogP) is 2.14. The van der Waals surface area contributed by atoms with Crippen LogP contribution in [0.15, 0.2) is 28.9 Å². The van der Waals surface area contributed by atoms with Crippen molar-refractivity contribution >= 4 is 11.4 Å². The van der Waals surface area contributed by atoms with Crippen molar-refractivity contribution in [1.29, 1.82) is 0 Å². The lowest BCUT2D eigenvalue weighted by atomic mass is 10.1. The Morgan fingerprint density at radius 3 is 2.81 bits per heavy atom. The Balaban J connectivity index is 2.70. The third-order valence-corrected chi connectivity index (χ3v) is 2.26. The molecule has 0 atom stereocenters. The number of benzene rings is 1. The first kappa shape index (κ1) is 10.2. The number of hydrogen-bond donors (Lipinski definition) is 1. The molecule has 0 fully saturated rings. The van der Waals surface area contributed by atoms with Gasteiger partial charge in [-0.3, -0.25) is 10.1 Å². The van der Waals surface area contributed by atoms with Crippen LogP contribution in [-0.4, -0.2) is 10.1 Å². The summed E-state index contributed by atoms with van der Waals surface area (Å²) in [6.07, 6.45) is 1.32. The van der Waals surface area contributed by atoms with Crippen LogP contribution in [0.4, 0.5) is 11.4 Å². The Morgan fingerprint density at radius 1 is 1.50 bits per heavy atom. The highest BCUT2D eigenvalue weighted by molar-refractivity contribution is 5.78. The summed E-state index contributed by atoms with van der Waals surface area (Å²) in [5.74, 6) is 0.232. The van der Waals surface area contributed by atoms with E-state index < -0.39 is 4.92 Å². The minimum absolute atomic E-state index is 0.00838. The van der Waals surface area contributed by atoms with E-state index in [0.29, 0.717) is 11.1 Å². The van der Waals surface area contributed by atoms with E-state index in [0.717, 1.165) is 0 Å². The predicted molar refractivity (Wildman–Crippen MR) is 57.7 cm³/mol. The molecule has 0 saturated heterocycles. The number of rotatable bonds is 2. The van der Waals surface area contributed by atoms with Crippen LogP contribution in [0.25, 0.3) is 11.3 Å². The SMILES string of the molecule is Cc1cccc(-c2oncc2N)c1[N+](=O)[O-]. The molecule has 2 N–H and O–H groups in total. The van der Waals surface area contributed by atoms with Gasteiger partial charge in [0.05, 0.1) is 11.1 Å². The van der Waals surface area contributed by atoms with Gasteiger partial charge in [0.25, 0.3) is 5.69 Å². The van der Waals surface area contributed by atoms with Gasteiger partial charge in [0, 0.05) is 5.56 Å². The molecule has 82 valence electrons. The van der Waals surface area contributed by atoms with Crippen molar-refractivity contribution in [2.24, 2.45) is 0 Å². The molecular formula is C10H9N3O3. The second-order valence-electron chi connectivity index (χ2n) is 3.34. The molecule has 0 radical (unpaired) electrons. The summed E-state index contributed by atoms with van der Waals surface area (Å²) in [4.78, 5) is 10.5. The lowest BCUT2D eigenvalue weighted by Gasteiger charge is -2.02. The van der Waals surface area contributed by atoms with Crippen molar-refractivity contribution in [1.82, 2.24) is 5.16 Å². The molecule has 1 aromatic heterocycles. The monoisotopic (exact) mass is 219 g/mol. The van der Waals surface area contributed by atoms with Gasteiger partial charge in [0.1, 0.15) is 11.3 Å².